The zero-order chi connectivity index (χ0) is 70.9. The molecule has 0 radical (unpaired) electrons. The van der Waals surface area contributed by atoms with E-state index in [2.05, 4.69) is 130 Å². The van der Waals surface area contributed by atoms with Crippen LogP contribution in [-0.4, -0.2) is 95.9 Å². The van der Waals surface area contributed by atoms with Crippen LogP contribution in [-0.2, 0) is 55.8 Å². The largest absolute Gasteiger partial charge is 0.472 e. The maximum absolute atomic E-state index is 12.9. The Hall–Kier alpha value is -3.79. The molecule has 0 bridgehead atoms. The number of allylic oxidation sites excluding steroid dienone is 18. The van der Waals surface area contributed by atoms with Gasteiger partial charge in [0, 0.05) is 19.3 Å². The number of ether oxygens (including phenoxy) is 3. The zero-order valence-electron chi connectivity index (χ0n) is 61.0. The summed E-state index contributed by atoms with van der Waals surface area (Å²) in [6.07, 6.45) is 82.8. The summed E-state index contributed by atoms with van der Waals surface area (Å²) >= 11 is 0. The number of aliphatic hydroxyl groups excluding tert-OH is 2. The van der Waals surface area contributed by atoms with E-state index in [1.54, 1.807) is 0 Å². The summed E-state index contributed by atoms with van der Waals surface area (Å²) in [5, 5.41) is 20.6. The second-order valence-electron chi connectivity index (χ2n) is 25.4. The molecular weight excluding hydrogens is 1270 g/mol. The lowest BCUT2D eigenvalue weighted by Crippen LogP contribution is -2.30. The molecule has 0 rings (SSSR count). The molecule has 18 heteroatoms. The summed E-state index contributed by atoms with van der Waals surface area (Å²) in [5.74, 6) is -1.61. The van der Waals surface area contributed by atoms with Crippen LogP contribution in [0.2, 0.25) is 0 Å². The van der Waals surface area contributed by atoms with Gasteiger partial charge in [0.2, 0.25) is 0 Å². The Morgan fingerprint density at radius 3 is 0.897 bits per heavy atom. The van der Waals surface area contributed by atoms with E-state index in [1.165, 1.54) is 122 Å². The summed E-state index contributed by atoms with van der Waals surface area (Å²) in [4.78, 5) is 58.5. The molecule has 97 heavy (non-hydrogen) atoms. The van der Waals surface area contributed by atoms with Gasteiger partial charge in [-0.2, -0.15) is 0 Å². The molecule has 0 aliphatic rings. The van der Waals surface area contributed by atoms with Crippen molar-refractivity contribution in [2.24, 2.45) is 0 Å². The fourth-order valence-electron chi connectivity index (χ4n) is 10.1. The van der Waals surface area contributed by atoms with Crippen LogP contribution in [0.1, 0.15) is 316 Å². The fourth-order valence-corrected chi connectivity index (χ4v) is 11.7. The summed E-state index contributed by atoms with van der Waals surface area (Å²) in [5.41, 5.74) is 0. The number of rotatable bonds is 72. The van der Waals surface area contributed by atoms with Gasteiger partial charge in [0.05, 0.1) is 26.4 Å². The topological polar surface area (TPSA) is 231 Å². The molecule has 0 aliphatic heterocycles. The normalized spacial score (nSPS) is 14.7. The molecule has 0 saturated carbocycles. The van der Waals surface area contributed by atoms with Crippen LogP contribution in [0, 0.1) is 0 Å². The lowest BCUT2D eigenvalue weighted by Gasteiger charge is -2.21. The van der Waals surface area contributed by atoms with Crippen molar-refractivity contribution >= 4 is 33.6 Å². The highest BCUT2D eigenvalue weighted by atomic mass is 31.2. The first-order valence-electron chi connectivity index (χ1n) is 38.2. The van der Waals surface area contributed by atoms with E-state index >= 15 is 0 Å². The lowest BCUT2D eigenvalue weighted by molar-refractivity contribution is -0.161. The van der Waals surface area contributed by atoms with Crippen LogP contribution in [0.5, 0.6) is 0 Å². The van der Waals surface area contributed by atoms with Crippen LogP contribution in [0.4, 0.5) is 0 Å². The van der Waals surface area contributed by atoms with E-state index in [1.807, 2.05) is 0 Å². The smallest absolute Gasteiger partial charge is 0.463 e. The van der Waals surface area contributed by atoms with Gasteiger partial charge in [-0.25, -0.2) is 9.13 Å². The standard InChI is InChI=1S/C79H138O16P2/c1-4-7-10-13-16-19-22-25-28-30-31-32-33-34-35-36-37-38-39-40-41-43-46-47-50-53-56-59-62-65-77(82)89-68-74(80)69-91-96(85,86)92-70-75(81)71-93-97(87,88)94-73-76(95-79(84)67-64-61-58-55-52-49-44-27-24-21-18-15-12-9-6-3)72-90-78(83)66-63-60-57-54-51-48-45-42-29-26-23-20-17-14-11-8-5-2/h8,11,16-17,19-20,25-29,31-32,34-35,44-45,48,74-76,80-81H,4-7,9-10,12-15,18,21-24,30,33,36-43,46-47,49-73H2,1-3H3,(H,85,86)(H,87,88)/b11-8-,19-16-,20-17-,28-25-,29-26-,32-31-,35-34-,44-27-,48-45-. The average Bonchev–Trinajstić information content (AvgIpc) is 1.63. The maximum atomic E-state index is 12.9. The van der Waals surface area contributed by atoms with Crippen LogP contribution >= 0.6 is 15.6 Å². The molecule has 0 saturated heterocycles. The number of esters is 3. The maximum Gasteiger partial charge on any atom is 0.472 e. The Kier molecular flexibility index (Phi) is 69.2. The zero-order valence-corrected chi connectivity index (χ0v) is 62.8. The second-order valence-corrected chi connectivity index (χ2v) is 28.3. The Morgan fingerprint density at radius 2 is 0.546 bits per heavy atom. The first-order valence-corrected chi connectivity index (χ1v) is 41.2. The van der Waals surface area contributed by atoms with Gasteiger partial charge in [0.25, 0.3) is 0 Å². The molecule has 4 N–H and O–H groups in total. The molecule has 5 unspecified atom stereocenters. The predicted octanol–water partition coefficient (Wildman–Crippen LogP) is 22.0. The van der Waals surface area contributed by atoms with Gasteiger partial charge in [0.15, 0.2) is 6.10 Å². The number of aliphatic hydroxyl groups is 2. The van der Waals surface area contributed by atoms with Crippen LogP contribution in [0.25, 0.3) is 0 Å². The number of carbonyl (C=O) groups is 3. The van der Waals surface area contributed by atoms with Gasteiger partial charge < -0.3 is 34.2 Å². The van der Waals surface area contributed by atoms with Crippen LogP contribution in [0.15, 0.2) is 109 Å². The van der Waals surface area contributed by atoms with E-state index in [9.17, 15) is 43.5 Å². The Bertz CT molecular complexity index is 2200. The molecule has 0 aliphatic carbocycles. The Morgan fingerprint density at radius 1 is 0.299 bits per heavy atom. The molecular formula is C79H138O16P2. The number of carbonyl (C=O) groups excluding carboxylic acids is 3. The van der Waals surface area contributed by atoms with Gasteiger partial charge in [-0.3, -0.25) is 32.5 Å². The predicted molar refractivity (Wildman–Crippen MR) is 399 cm³/mol. The summed E-state index contributed by atoms with van der Waals surface area (Å²) in [7, 11) is -9.79. The average molecular weight is 1410 g/mol. The fraction of sp³-hybridized carbons (Fsp3) is 0.734. The third-order valence-corrected chi connectivity index (χ3v) is 17.9. The van der Waals surface area contributed by atoms with Crippen molar-refractivity contribution in [1.29, 1.82) is 0 Å². The number of phosphoric ester groups is 2. The van der Waals surface area contributed by atoms with Crippen LogP contribution < -0.4 is 0 Å². The molecule has 560 valence electrons. The summed E-state index contributed by atoms with van der Waals surface area (Å²) in [6.45, 7) is 2.51. The molecule has 0 spiro atoms. The van der Waals surface area contributed by atoms with Gasteiger partial charge in [0.1, 0.15) is 25.4 Å². The van der Waals surface area contributed by atoms with E-state index in [-0.39, 0.29) is 19.3 Å². The molecule has 0 aromatic carbocycles. The lowest BCUT2D eigenvalue weighted by atomic mass is 10.0. The number of hydrogen-bond donors (Lipinski definition) is 4. The summed E-state index contributed by atoms with van der Waals surface area (Å²) < 4.78 is 61.0. The van der Waals surface area contributed by atoms with Crippen molar-refractivity contribution in [3.05, 3.63) is 109 Å². The van der Waals surface area contributed by atoms with E-state index in [4.69, 9.17) is 32.3 Å². The quantitative estimate of drug-likeness (QED) is 0.0146. The number of phosphoric acid groups is 2. The minimum Gasteiger partial charge on any atom is -0.463 e. The van der Waals surface area contributed by atoms with Gasteiger partial charge in [-0.1, -0.05) is 278 Å². The van der Waals surface area contributed by atoms with E-state index in [0.717, 1.165) is 135 Å². The molecule has 0 amide bonds. The van der Waals surface area contributed by atoms with Gasteiger partial charge in [-0.05, 0) is 128 Å². The first-order chi connectivity index (χ1) is 47.2. The van der Waals surface area contributed by atoms with Crippen molar-refractivity contribution in [2.45, 2.75) is 334 Å². The minimum absolute atomic E-state index is 0.0884. The third-order valence-electron chi connectivity index (χ3n) is 16.0. The van der Waals surface area contributed by atoms with Crippen molar-refractivity contribution in [3.63, 3.8) is 0 Å². The molecule has 0 fully saturated rings. The third kappa shape index (κ3) is 73.3. The second kappa shape index (κ2) is 72.0. The molecule has 0 aromatic heterocycles. The van der Waals surface area contributed by atoms with Crippen molar-refractivity contribution in [2.75, 3.05) is 39.6 Å². The van der Waals surface area contributed by atoms with Crippen molar-refractivity contribution in [1.82, 2.24) is 0 Å². The van der Waals surface area contributed by atoms with Crippen molar-refractivity contribution < 1.29 is 75.8 Å². The van der Waals surface area contributed by atoms with E-state index in [0.29, 0.717) is 19.3 Å². The number of unbranched alkanes of at least 4 members (excludes halogenated alkanes) is 31. The highest BCUT2D eigenvalue weighted by molar-refractivity contribution is 7.47. The Balaban J connectivity index is 4.51. The molecule has 5 atom stereocenters. The number of hydrogen-bond acceptors (Lipinski definition) is 14. The molecule has 16 nitrogen and oxygen atoms in total. The van der Waals surface area contributed by atoms with Crippen LogP contribution in [0.3, 0.4) is 0 Å². The van der Waals surface area contributed by atoms with Gasteiger partial charge >= 0.3 is 33.6 Å². The molecule has 0 heterocycles. The monoisotopic (exact) mass is 1400 g/mol. The highest BCUT2D eigenvalue weighted by Crippen LogP contribution is 2.45. The SMILES string of the molecule is CC/C=C\C/C=C\C/C=C\C/C=C\CCCCCCC(=O)OCC(COP(=O)(O)OCC(O)COP(=O)(O)OCC(O)COC(=O)CCCCCCCCCCCCCCC/C=C\C/C=C\C/C=C\C/C=C\CCCCC)OC(=O)CCCCCCC/C=C\CCCCCCCC. The Labute approximate surface area is 590 Å². The molecule has 0 aromatic rings. The van der Waals surface area contributed by atoms with Crippen molar-refractivity contribution in [3.8, 4) is 0 Å². The summed E-state index contributed by atoms with van der Waals surface area (Å²) in [6, 6.07) is 0. The minimum atomic E-state index is -4.93. The van der Waals surface area contributed by atoms with Gasteiger partial charge in [-0.15, -0.1) is 0 Å². The first kappa shape index (κ1) is 93.2. The van der Waals surface area contributed by atoms with E-state index < -0.39 is 91.5 Å². The highest BCUT2D eigenvalue weighted by Gasteiger charge is 2.29.